The lowest BCUT2D eigenvalue weighted by Crippen LogP contribution is -2.31. The molecule has 0 heterocycles. The van der Waals surface area contributed by atoms with Crippen LogP contribution in [0.1, 0.15) is 5.56 Å². The lowest BCUT2D eigenvalue weighted by atomic mass is 10.1. The zero-order chi connectivity index (χ0) is 11.1. The number of rotatable bonds is 5. The summed E-state index contributed by atoms with van der Waals surface area (Å²) in [7, 11) is 1.64. The molecule has 0 fully saturated rings. The quantitative estimate of drug-likeness (QED) is 0.803. The first-order valence-electron chi connectivity index (χ1n) is 4.86. The molecule has 0 spiro atoms. The number of hydrogen-bond donors (Lipinski definition) is 2. The largest absolute Gasteiger partial charge is 0.497 e. The van der Waals surface area contributed by atoms with Crippen molar-refractivity contribution >= 4 is 18.3 Å². The van der Waals surface area contributed by atoms with E-state index in [-0.39, 0.29) is 24.9 Å². The van der Waals surface area contributed by atoms with E-state index in [1.807, 2.05) is 24.3 Å². The molecule has 3 N–H and O–H groups in total. The summed E-state index contributed by atoms with van der Waals surface area (Å²) in [4.78, 5) is 10.8. The van der Waals surface area contributed by atoms with Crippen LogP contribution in [0, 0.1) is 0 Å². The van der Waals surface area contributed by atoms with Crippen LogP contribution < -0.4 is 15.8 Å². The van der Waals surface area contributed by atoms with Gasteiger partial charge in [-0.2, -0.15) is 0 Å². The van der Waals surface area contributed by atoms with Crippen LogP contribution in [0.25, 0.3) is 0 Å². The molecule has 1 aromatic carbocycles. The lowest BCUT2D eigenvalue weighted by Gasteiger charge is -2.04. The summed E-state index contributed by atoms with van der Waals surface area (Å²) < 4.78 is 5.04. The number of carbonyl (C=O) groups is 1. The number of hydrogen-bond acceptors (Lipinski definition) is 3. The second-order valence-electron chi connectivity index (χ2n) is 3.15. The minimum atomic E-state index is -0.122. The van der Waals surface area contributed by atoms with Gasteiger partial charge in [0, 0.05) is 6.54 Å². The van der Waals surface area contributed by atoms with Crippen LogP contribution in [0.3, 0.4) is 0 Å². The van der Waals surface area contributed by atoms with E-state index >= 15 is 0 Å². The van der Waals surface area contributed by atoms with Crippen molar-refractivity contribution in [3.05, 3.63) is 29.8 Å². The summed E-state index contributed by atoms with van der Waals surface area (Å²) in [6.45, 7) is 0.658. The van der Waals surface area contributed by atoms with Crippen molar-refractivity contribution in [3.8, 4) is 5.75 Å². The Kier molecular flexibility index (Phi) is 7.33. The van der Waals surface area contributed by atoms with Crippen LogP contribution in [0.2, 0.25) is 0 Å². The molecule has 0 aliphatic heterocycles. The molecule has 0 saturated carbocycles. The van der Waals surface area contributed by atoms with E-state index in [4.69, 9.17) is 10.5 Å². The van der Waals surface area contributed by atoms with E-state index < -0.39 is 0 Å². The summed E-state index contributed by atoms with van der Waals surface area (Å²) in [5, 5.41) is 2.71. The Bertz CT molecular complexity index is 314. The SMILES string of the molecule is COc1ccc(CCNC(=O)CN)cc1.Cl. The Morgan fingerprint density at radius 3 is 2.50 bits per heavy atom. The van der Waals surface area contributed by atoms with Gasteiger partial charge >= 0.3 is 0 Å². The molecule has 1 aromatic rings. The van der Waals surface area contributed by atoms with Gasteiger partial charge < -0.3 is 15.8 Å². The first-order valence-corrected chi connectivity index (χ1v) is 4.86. The molecule has 0 aliphatic rings. The first kappa shape index (κ1) is 14.7. The van der Waals surface area contributed by atoms with Crippen LogP contribution in [-0.4, -0.2) is 26.1 Å². The van der Waals surface area contributed by atoms with Crippen LogP contribution in [0.5, 0.6) is 5.75 Å². The number of ether oxygens (including phenoxy) is 1. The van der Waals surface area contributed by atoms with Gasteiger partial charge in [0.2, 0.25) is 5.91 Å². The lowest BCUT2D eigenvalue weighted by molar-refractivity contribution is -0.119. The molecule has 5 heteroatoms. The minimum absolute atomic E-state index is 0. The fourth-order valence-electron chi connectivity index (χ4n) is 1.21. The van der Waals surface area contributed by atoms with Crippen molar-refractivity contribution in [3.63, 3.8) is 0 Å². The number of halogens is 1. The van der Waals surface area contributed by atoms with E-state index in [1.165, 1.54) is 0 Å². The third-order valence-electron chi connectivity index (χ3n) is 2.08. The summed E-state index contributed by atoms with van der Waals surface area (Å²) in [5.41, 5.74) is 6.32. The predicted molar refractivity (Wildman–Crippen MR) is 66.0 cm³/mol. The zero-order valence-electron chi connectivity index (χ0n) is 9.23. The van der Waals surface area contributed by atoms with Gasteiger partial charge in [0.15, 0.2) is 0 Å². The number of benzene rings is 1. The third kappa shape index (κ3) is 5.00. The van der Waals surface area contributed by atoms with Gasteiger partial charge in [-0.05, 0) is 24.1 Å². The Balaban J connectivity index is 0.00000225. The third-order valence-corrected chi connectivity index (χ3v) is 2.08. The number of nitrogens with two attached hydrogens (primary N) is 1. The highest BCUT2D eigenvalue weighted by Gasteiger charge is 1.97. The fourth-order valence-corrected chi connectivity index (χ4v) is 1.21. The van der Waals surface area contributed by atoms with E-state index in [0.29, 0.717) is 6.54 Å². The van der Waals surface area contributed by atoms with Crippen molar-refractivity contribution in [1.29, 1.82) is 0 Å². The van der Waals surface area contributed by atoms with Crippen molar-refractivity contribution in [2.75, 3.05) is 20.2 Å². The van der Waals surface area contributed by atoms with Gasteiger partial charge in [-0.3, -0.25) is 4.79 Å². The van der Waals surface area contributed by atoms with Crippen molar-refractivity contribution in [1.82, 2.24) is 5.32 Å². The zero-order valence-corrected chi connectivity index (χ0v) is 10.0. The molecule has 16 heavy (non-hydrogen) atoms. The normalized spacial score (nSPS) is 9.12. The van der Waals surface area contributed by atoms with E-state index in [2.05, 4.69) is 5.32 Å². The molecular formula is C11H17ClN2O2. The molecule has 0 saturated heterocycles. The second-order valence-corrected chi connectivity index (χ2v) is 3.15. The molecule has 0 aliphatic carbocycles. The molecule has 0 atom stereocenters. The van der Waals surface area contributed by atoms with Crippen LogP contribution in [0.15, 0.2) is 24.3 Å². The summed E-state index contributed by atoms with van der Waals surface area (Å²) in [6.07, 6.45) is 0.801. The van der Waals surface area contributed by atoms with Gasteiger partial charge in [-0.15, -0.1) is 12.4 Å². The van der Waals surface area contributed by atoms with Gasteiger partial charge in [-0.25, -0.2) is 0 Å². The maximum Gasteiger partial charge on any atom is 0.233 e. The van der Waals surface area contributed by atoms with E-state index in [9.17, 15) is 4.79 Å². The predicted octanol–water partition coefficient (Wildman–Crippen LogP) is 0.734. The van der Waals surface area contributed by atoms with Crippen LogP contribution in [-0.2, 0) is 11.2 Å². The average molecular weight is 245 g/mol. The molecule has 0 aromatic heterocycles. The standard InChI is InChI=1S/C11H16N2O2.ClH/c1-15-10-4-2-9(3-5-10)6-7-13-11(14)8-12;/h2-5H,6-8,12H2,1H3,(H,13,14);1H. The highest BCUT2D eigenvalue weighted by molar-refractivity contribution is 5.85. The molecule has 1 rings (SSSR count). The van der Waals surface area contributed by atoms with Gasteiger partial charge in [0.25, 0.3) is 0 Å². The van der Waals surface area contributed by atoms with Crippen LogP contribution in [0.4, 0.5) is 0 Å². The Labute approximate surface area is 102 Å². The Hall–Kier alpha value is -1.26. The highest BCUT2D eigenvalue weighted by atomic mass is 35.5. The maximum absolute atomic E-state index is 10.8. The van der Waals surface area contributed by atoms with Gasteiger partial charge in [-0.1, -0.05) is 12.1 Å². The van der Waals surface area contributed by atoms with Crippen molar-refractivity contribution < 1.29 is 9.53 Å². The van der Waals surface area contributed by atoms with Crippen molar-refractivity contribution in [2.24, 2.45) is 5.73 Å². The van der Waals surface area contributed by atoms with Crippen LogP contribution >= 0.6 is 12.4 Å². The molecule has 0 unspecified atom stereocenters. The topological polar surface area (TPSA) is 64.3 Å². The summed E-state index contributed by atoms with van der Waals surface area (Å²) >= 11 is 0. The molecule has 1 amide bonds. The monoisotopic (exact) mass is 244 g/mol. The first-order chi connectivity index (χ1) is 7.26. The second kappa shape index (κ2) is 7.96. The highest BCUT2D eigenvalue weighted by Crippen LogP contribution is 2.11. The average Bonchev–Trinajstić information content (AvgIpc) is 2.29. The maximum atomic E-state index is 10.8. The summed E-state index contributed by atoms with van der Waals surface area (Å²) in [6, 6.07) is 7.76. The van der Waals surface area contributed by atoms with Gasteiger partial charge in [0.05, 0.1) is 13.7 Å². The number of amides is 1. The molecule has 0 bridgehead atoms. The molecule has 90 valence electrons. The number of methoxy groups -OCH3 is 1. The summed E-state index contributed by atoms with van der Waals surface area (Å²) in [5.74, 6) is 0.716. The number of nitrogens with one attached hydrogen (secondary N) is 1. The molecular weight excluding hydrogens is 228 g/mol. The van der Waals surface area contributed by atoms with Crippen molar-refractivity contribution in [2.45, 2.75) is 6.42 Å². The Morgan fingerprint density at radius 2 is 2.00 bits per heavy atom. The van der Waals surface area contributed by atoms with Gasteiger partial charge in [0.1, 0.15) is 5.75 Å². The molecule has 4 nitrogen and oxygen atoms in total. The Morgan fingerprint density at radius 1 is 1.38 bits per heavy atom. The smallest absolute Gasteiger partial charge is 0.233 e. The minimum Gasteiger partial charge on any atom is -0.497 e. The fraction of sp³-hybridized carbons (Fsp3) is 0.364. The van der Waals surface area contributed by atoms with E-state index in [1.54, 1.807) is 7.11 Å². The van der Waals surface area contributed by atoms with E-state index in [0.717, 1.165) is 17.7 Å². The molecule has 0 radical (unpaired) electrons. The number of carbonyl (C=O) groups excluding carboxylic acids is 1.